The number of rotatable bonds is 8. The first kappa shape index (κ1) is 17.2. The molecular formula is C19H19F2NO3. The fourth-order valence-electron chi connectivity index (χ4n) is 2.33. The first-order chi connectivity index (χ1) is 12.1. The number of amides is 1. The highest BCUT2D eigenvalue weighted by molar-refractivity contribution is 5.94. The molecule has 0 heterocycles. The van der Waals surface area contributed by atoms with Gasteiger partial charge >= 0.3 is 6.61 Å². The van der Waals surface area contributed by atoms with Crippen LogP contribution in [0.1, 0.15) is 28.8 Å². The van der Waals surface area contributed by atoms with Crippen molar-refractivity contribution in [2.45, 2.75) is 26.0 Å². The molecule has 0 bridgehead atoms. The minimum absolute atomic E-state index is 0.0599. The minimum Gasteiger partial charge on any atom is -0.489 e. The molecule has 1 fully saturated rings. The van der Waals surface area contributed by atoms with Gasteiger partial charge in [-0.1, -0.05) is 30.3 Å². The average Bonchev–Trinajstić information content (AvgIpc) is 3.43. The Labute approximate surface area is 144 Å². The topological polar surface area (TPSA) is 47.6 Å². The van der Waals surface area contributed by atoms with E-state index >= 15 is 0 Å². The maximum atomic E-state index is 12.5. The molecule has 2 aromatic rings. The maximum absolute atomic E-state index is 12.5. The lowest BCUT2D eigenvalue weighted by atomic mass is 10.1. The van der Waals surface area contributed by atoms with E-state index in [1.54, 1.807) is 0 Å². The van der Waals surface area contributed by atoms with Crippen molar-refractivity contribution < 1.29 is 23.0 Å². The molecule has 4 nitrogen and oxygen atoms in total. The molecule has 1 N–H and O–H groups in total. The molecule has 0 unspecified atom stereocenters. The molecule has 3 rings (SSSR count). The molecule has 1 aliphatic rings. The summed E-state index contributed by atoms with van der Waals surface area (Å²) in [5.41, 5.74) is 1.31. The minimum atomic E-state index is -2.94. The Bertz CT molecular complexity index is 718. The van der Waals surface area contributed by atoms with E-state index in [4.69, 9.17) is 4.74 Å². The van der Waals surface area contributed by atoms with Crippen LogP contribution in [0.3, 0.4) is 0 Å². The Morgan fingerprint density at radius 2 is 1.88 bits per heavy atom. The molecule has 0 aromatic heterocycles. The van der Waals surface area contributed by atoms with E-state index in [-0.39, 0.29) is 17.4 Å². The van der Waals surface area contributed by atoms with Crippen molar-refractivity contribution in [1.29, 1.82) is 0 Å². The molecule has 2 aromatic carbocycles. The van der Waals surface area contributed by atoms with Crippen LogP contribution in [-0.2, 0) is 6.54 Å². The van der Waals surface area contributed by atoms with Crippen LogP contribution in [0.2, 0.25) is 0 Å². The van der Waals surface area contributed by atoms with Crippen molar-refractivity contribution in [2.24, 2.45) is 5.92 Å². The summed E-state index contributed by atoms with van der Waals surface area (Å²) in [7, 11) is 0. The van der Waals surface area contributed by atoms with E-state index in [0.29, 0.717) is 24.6 Å². The van der Waals surface area contributed by atoms with Gasteiger partial charge < -0.3 is 14.8 Å². The van der Waals surface area contributed by atoms with Crippen molar-refractivity contribution in [3.05, 3.63) is 59.7 Å². The number of halogens is 2. The molecule has 0 saturated heterocycles. The van der Waals surface area contributed by atoms with Gasteiger partial charge in [0.15, 0.2) is 11.5 Å². The smallest absolute Gasteiger partial charge is 0.387 e. The van der Waals surface area contributed by atoms with Gasteiger partial charge in [-0.25, -0.2) is 0 Å². The van der Waals surface area contributed by atoms with Gasteiger partial charge in [0.1, 0.15) is 0 Å². The van der Waals surface area contributed by atoms with Crippen LogP contribution < -0.4 is 14.8 Å². The lowest BCUT2D eigenvalue weighted by Crippen LogP contribution is -2.22. The predicted octanol–water partition coefficient (Wildman–Crippen LogP) is 4.01. The largest absolute Gasteiger partial charge is 0.489 e. The number of carbonyl (C=O) groups excluding carboxylic acids is 1. The average molecular weight is 347 g/mol. The quantitative estimate of drug-likeness (QED) is 0.785. The molecule has 1 amide bonds. The van der Waals surface area contributed by atoms with Gasteiger partial charge in [-0.05, 0) is 42.5 Å². The number of hydrogen-bond acceptors (Lipinski definition) is 3. The summed E-state index contributed by atoms with van der Waals surface area (Å²) in [5.74, 6) is 0.258. The maximum Gasteiger partial charge on any atom is 0.387 e. The van der Waals surface area contributed by atoms with Crippen LogP contribution in [0.25, 0.3) is 0 Å². The Morgan fingerprint density at radius 3 is 2.56 bits per heavy atom. The lowest BCUT2D eigenvalue weighted by molar-refractivity contribution is -0.0515. The van der Waals surface area contributed by atoms with E-state index in [2.05, 4.69) is 10.1 Å². The lowest BCUT2D eigenvalue weighted by Gasteiger charge is -2.13. The molecule has 0 spiro atoms. The fourth-order valence-corrected chi connectivity index (χ4v) is 2.33. The number of nitrogens with one attached hydrogen (secondary N) is 1. The highest BCUT2D eigenvalue weighted by atomic mass is 19.3. The number of ether oxygens (including phenoxy) is 2. The highest BCUT2D eigenvalue weighted by Crippen LogP contribution is 2.34. The van der Waals surface area contributed by atoms with Crippen molar-refractivity contribution in [3.63, 3.8) is 0 Å². The number of benzene rings is 2. The van der Waals surface area contributed by atoms with Gasteiger partial charge in [0.05, 0.1) is 6.61 Å². The highest BCUT2D eigenvalue weighted by Gasteiger charge is 2.23. The third kappa shape index (κ3) is 5.17. The molecule has 132 valence electrons. The van der Waals surface area contributed by atoms with Crippen molar-refractivity contribution in [1.82, 2.24) is 5.32 Å². The van der Waals surface area contributed by atoms with E-state index < -0.39 is 6.61 Å². The second-order valence-corrected chi connectivity index (χ2v) is 5.96. The Morgan fingerprint density at radius 1 is 1.12 bits per heavy atom. The van der Waals surface area contributed by atoms with Gasteiger partial charge in [0, 0.05) is 12.1 Å². The van der Waals surface area contributed by atoms with Crippen LogP contribution in [0.5, 0.6) is 11.5 Å². The van der Waals surface area contributed by atoms with E-state index in [0.717, 1.165) is 18.4 Å². The second-order valence-electron chi connectivity index (χ2n) is 5.96. The summed E-state index contributed by atoms with van der Waals surface area (Å²) in [6.07, 6.45) is 2.14. The summed E-state index contributed by atoms with van der Waals surface area (Å²) in [4.78, 5) is 12.3. The van der Waals surface area contributed by atoms with Gasteiger partial charge in [0.25, 0.3) is 5.91 Å². The van der Waals surface area contributed by atoms with Crippen LogP contribution in [0, 0.1) is 5.92 Å². The van der Waals surface area contributed by atoms with E-state index in [1.165, 1.54) is 18.2 Å². The monoisotopic (exact) mass is 347 g/mol. The molecular weight excluding hydrogens is 328 g/mol. The summed E-state index contributed by atoms with van der Waals surface area (Å²) < 4.78 is 35.1. The third-order valence-corrected chi connectivity index (χ3v) is 3.89. The Balaban J connectivity index is 1.68. The van der Waals surface area contributed by atoms with Crippen LogP contribution >= 0.6 is 0 Å². The first-order valence-corrected chi connectivity index (χ1v) is 8.15. The van der Waals surface area contributed by atoms with E-state index in [9.17, 15) is 13.6 Å². The van der Waals surface area contributed by atoms with Gasteiger partial charge in [-0.2, -0.15) is 8.78 Å². The number of alkyl halides is 2. The molecule has 6 heteroatoms. The number of carbonyl (C=O) groups is 1. The van der Waals surface area contributed by atoms with E-state index in [1.807, 2.05) is 30.3 Å². The fraction of sp³-hybridized carbons (Fsp3) is 0.316. The van der Waals surface area contributed by atoms with Crippen molar-refractivity contribution >= 4 is 5.91 Å². The molecule has 25 heavy (non-hydrogen) atoms. The van der Waals surface area contributed by atoms with Crippen LogP contribution in [0.15, 0.2) is 48.5 Å². The standard InChI is InChI=1S/C19H19F2NO3/c20-19(21)25-16-9-8-15(10-17(16)24-12-14-6-7-14)18(23)22-11-13-4-2-1-3-5-13/h1-5,8-10,14,19H,6-7,11-12H2,(H,22,23). The van der Waals surface area contributed by atoms with Crippen LogP contribution in [0.4, 0.5) is 8.78 Å². The summed E-state index contributed by atoms with van der Waals surface area (Å²) in [6.45, 7) is -2.12. The zero-order valence-electron chi connectivity index (χ0n) is 13.6. The Hall–Kier alpha value is -2.63. The summed E-state index contributed by atoms with van der Waals surface area (Å²) in [6, 6.07) is 13.7. The van der Waals surface area contributed by atoms with Crippen molar-refractivity contribution in [2.75, 3.05) is 6.61 Å². The molecule has 1 saturated carbocycles. The first-order valence-electron chi connectivity index (χ1n) is 8.15. The summed E-state index contributed by atoms with van der Waals surface area (Å²) >= 11 is 0. The molecule has 0 atom stereocenters. The molecule has 0 aliphatic heterocycles. The van der Waals surface area contributed by atoms with Gasteiger partial charge in [-0.15, -0.1) is 0 Å². The zero-order valence-corrected chi connectivity index (χ0v) is 13.6. The molecule has 0 radical (unpaired) electrons. The van der Waals surface area contributed by atoms with Gasteiger partial charge in [0.2, 0.25) is 0 Å². The molecule has 1 aliphatic carbocycles. The van der Waals surface area contributed by atoms with Crippen molar-refractivity contribution in [3.8, 4) is 11.5 Å². The number of hydrogen-bond donors (Lipinski definition) is 1. The van der Waals surface area contributed by atoms with Crippen LogP contribution in [-0.4, -0.2) is 19.1 Å². The second kappa shape index (κ2) is 7.96. The Kier molecular flexibility index (Phi) is 5.48. The third-order valence-electron chi connectivity index (χ3n) is 3.89. The zero-order chi connectivity index (χ0) is 17.6. The SMILES string of the molecule is O=C(NCc1ccccc1)c1ccc(OC(F)F)c(OCC2CC2)c1. The normalized spacial score (nSPS) is 13.6. The summed E-state index contributed by atoms with van der Waals surface area (Å²) in [5, 5.41) is 2.80. The predicted molar refractivity (Wildman–Crippen MR) is 88.9 cm³/mol. The van der Waals surface area contributed by atoms with Gasteiger partial charge in [-0.3, -0.25) is 4.79 Å².